The van der Waals surface area contributed by atoms with Crippen LogP contribution < -0.4 is 23.8 Å². The van der Waals surface area contributed by atoms with Gasteiger partial charge in [0.15, 0.2) is 27.4 Å². The Morgan fingerprint density at radius 3 is 2.38 bits per heavy atom. The zero-order valence-electron chi connectivity index (χ0n) is 23.4. The van der Waals surface area contributed by atoms with Crippen molar-refractivity contribution in [2.75, 3.05) is 33.3 Å². The van der Waals surface area contributed by atoms with E-state index in [0.717, 1.165) is 14.6 Å². The van der Waals surface area contributed by atoms with Crippen LogP contribution in [0.15, 0.2) is 65.1 Å². The van der Waals surface area contributed by atoms with Crippen LogP contribution >= 0.6 is 23.1 Å². The Bertz CT molecular complexity index is 1650. The number of aromatic nitrogens is 4. The molecule has 0 saturated carbocycles. The Balaban J connectivity index is 1.37. The van der Waals surface area contributed by atoms with Crippen molar-refractivity contribution in [3.63, 3.8) is 0 Å². The number of nitrogens with zero attached hydrogens (tertiary/aromatic N) is 5. The van der Waals surface area contributed by atoms with Crippen LogP contribution in [0.25, 0.3) is 10.2 Å². The van der Waals surface area contributed by atoms with Crippen LogP contribution in [0.3, 0.4) is 0 Å². The van der Waals surface area contributed by atoms with E-state index in [2.05, 4.69) is 15.3 Å². The summed E-state index contributed by atoms with van der Waals surface area (Å²) in [5.41, 5.74) is 2.70. The molecule has 5 rings (SSSR count). The number of ether oxygens (including phenoxy) is 4. The van der Waals surface area contributed by atoms with Crippen molar-refractivity contribution in [2.45, 2.75) is 23.2 Å². The monoisotopic (exact) mass is 609 g/mol. The minimum atomic E-state index is -0.529. The average molecular weight is 610 g/mol. The van der Waals surface area contributed by atoms with E-state index < -0.39 is 5.82 Å². The Hall–Kier alpha value is -4.36. The first-order chi connectivity index (χ1) is 20.4. The van der Waals surface area contributed by atoms with Crippen LogP contribution in [-0.2, 0) is 23.6 Å². The van der Waals surface area contributed by atoms with Gasteiger partial charge in [-0.05, 0) is 29.8 Å². The quantitative estimate of drug-likeness (QED) is 0.168. The fraction of sp³-hybridized carbons (Fsp3) is 0.241. The highest BCUT2D eigenvalue weighted by molar-refractivity contribution is 8.00. The molecule has 218 valence electrons. The summed E-state index contributed by atoms with van der Waals surface area (Å²) in [5, 5.41) is 8.41. The second kappa shape index (κ2) is 13.1. The normalized spacial score (nSPS) is 11.0. The lowest BCUT2D eigenvalue weighted by molar-refractivity contribution is -0.119. The third-order valence-corrected chi connectivity index (χ3v) is 8.53. The number of thiazole rings is 1. The largest absolute Gasteiger partial charge is 0.494 e. The third-order valence-electron chi connectivity index (χ3n) is 6.32. The van der Waals surface area contributed by atoms with E-state index in [4.69, 9.17) is 18.9 Å². The molecule has 0 aliphatic heterocycles. The summed E-state index contributed by atoms with van der Waals surface area (Å²) in [7, 11) is 5.89. The molecule has 13 heteroatoms. The van der Waals surface area contributed by atoms with Crippen molar-refractivity contribution in [3.05, 3.63) is 77.9 Å². The number of carbonyl (C=O) groups excluding carboxylic acids is 1. The van der Waals surface area contributed by atoms with Crippen LogP contribution in [0.4, 0.5) is 10.1 Å². The molecule has 0 spiro atoms. The number of rotatable bonds is 12. The predicted octanol–water partition coefficient (Wildman–Crippen LogP) is 5.59. The topological polar surface area (TPSA) is 101 Å². The van der Waals surface area contributed by atoms with Gasteiger partial charge < -0.3 is 23.8 Å². The van der Waals surface area contributed by atoms with Crippen LogP contribution in [0.1, 0.15) is 11.3 Å². The number of methoxy groups -OCH3 is 4. The molecule has 1 amide bonds. The van der Waals surface area contributed by atoms with E-state index in [1.54, 1.807) is 47.5 Å². The van der Waals surface area contributed by atoms with Crippen LogP contribution in [-0.4, -0.2) is 54.3 Å². The molecule has 10 nitrogen and oxygen atoms in total. The zero-order valence-corrected chi connectivity index (χ0v) is 25.0. The Labute approximate surface area is 250 Å². The molecule has 42 heavy (non-hydrogen) atoms. The van der Waals surface area contributed by atoms with E-state index in [9.17, 15) is 9.18 Å². The number of thioether (sulfide) groups is 1. The van der Waals surface area contributed by atoms with Gasteiger partial charge in [-0.15, -0.1) is 16.4 Å². The van der Waals surface area contributed by atoms with E-state index in [0.29, 0.717) is 39.9 Å². The zero-order chi connectivity index (χ0) is 29.6. The molecule has 0 fully saturated rings. The van der Waals surface area contributed by atoms with Crippen molar-refractivity contribution in [1.29, 1.82) is 0 Å². The van der Waals surface area contributed by atoms with E-state index in [1.807, 2.05) is 24.3 Å². The van der Waals surface area contributed by atoms with Crippen molar-refractivity contribution >= 4 is 44.9 Å². The van der Waals surface area contributed by atoms with Gasteiger partial charge in [0.25, 0.3) is 0 Å². The fourth-order valence-electron chi connectivity index (χ4n) is 4.29. The second-order valence-electron chi connectivity index (χ2n) is 8.98. The number of fused-ring (bicyclic) bond motifs is 1. The van der Waals surface area contributed by atoms with Gasteiger partial charge in [0, 0.05) is 24.1 Å². The molecule has 0 bridgehead atoms. The lowest BCUT2D eigenvalue weighted by atomic mass is 10.1. The van der Waals surface area contributed by atoms with Crippen LogP contribution in [0.5, 0.6) is 23.0 Å². The number of hydrogen-bond donors (Lipinski definition) is 0. The molecular weight excluding hydrogens is 581 g/mol. The fourth-order valence-corrected chi connectivity index (χ4v) is 6.24. The van der Waals surface area contributed by atoms with Crippen LogP contribution in [0.2, 0.25) is 0 Å². The lowest BCUT2D eigenvalue weighted by Gasteiger charge is -2.25. The van der Waals surface area contributed by atoms with E-state index >= 15 is 0 Å². The predicted molar refractivity (Wildman–Crippen MR) is 159 cm³/mol. The number of amides is 1. The van der Waals surface area contributed by atoms with Gasteiger partial charge in [-0.25, -0.2) is 14.1 Å². The van der Waals surface area contributed by atoms with Gasteiger partial charge in [-0.3, -0.25) is 4.79 Å². The highest BCUT2D eigenvalue weighted by Gasteiger charge is 2.23. The summed E-state index contributed by atoms with van der Waals surface area (Å²) in [6.07, 6.45) is 1.73. The summed E-state index contributed by atoms with van der Waals surface area (Å²) < 4.78 is 39.5. The number of carbonyl (C=O) groups is 1. The number of halogens is 1. The summed E-state index contributed by atoms with van der Waals surface area (Å²) in [5.74, 6) is 0.965. The molecule has 0 aliphatic rings. The van der Waals surface area contributed by atoms with E-state index in [1.165, 1.54) is 50.2 Å². The number of hydrogen-bond acceptors (Lipinski definition) is 10. The molecular formula is C29H28FN5O5S2. The first-order valence-electron chi connectivity index (χ1n) is 12.7. The highest BCUT2D eigenvalue weighted by atomic mass is 32.2. The molecule has 0 unspecified atom stereocenters. The molecule has 2 aromatic heterocycles. The summed E-state index contributed by atoms with van der Waals surface area (Å²) in [4.78, 5) is 19.9. The van der Waals surface area contributed by atoms with Gasteiger partial charge in [0.2, 0.25) is 11.7 Å². The third kappa shape index (κ3) is 6.42. The first kappa shape index (κ1) is 29.1. The smallest absolute Gasteiger partial charge is 0.249 e. The second-order valence-corrected chi connectivity index (χ2v) is 11.2. The Kier molecular flexibility index (Phi) is 9.08. The van der Waals surface area contributed by atoms with Crippen molar-refractivity contribution in [2.24, 2.45) is 0 Å². The maximum absolute atomic E-state index is 14.5. The van der Waals surface area contributed by atoms with E-state index in [-0.39, 0.29) is 24.7 Å². The molecule has 3 aromatic carbocycles. The maximum atomic E-state index is 14.5. The molecule has 2 heterocycles. The Morgan fingerprint density at radius 1 is 0.976 bits per heavy atom. The minimum Gasteiger partial charge on any atom is -0.494 e. The number of anilines is 1. The van der Waals surface area contributed by atoms with Gasteiger partial charge in [0.05, 0.1) is 56.6 Å². The molecule has 0 atom stereocenters. The summed E-state index contributed by atoms with van der Waals surface area (Å²) in [6.45, 7) is -0.0402. The molecule has 0 saturated heterocycles. The minimum absolute atomic E-state index is 0.0629. The molecule has 0 aliphatic carbocycles. The average Bonchev–Trinajstić information content (AvgIpc) is 3.64. The Morgan fingerprint density at radius 2 is 1.71 bits per heavy atom. The van der Waals surface area contributed by atoms with Crippen molar-refractivity contribution in [1.82, 2.24) is 20.0 Å². The van der Waals surface area contributed by atoms with Gasteiger partial charge >= 0.3 is 0 Å². The van der Waals surface area contributed by atoms with Crippen molar-refractivity contribution < 1.29 is 28.1 Å². The maximum Gasteiger partial charge on any atom is 0.249 e. The molecule has 5 aromatic rings. The van der Waals surface area contributed by atoms with Gasteiger partial charge in [-0.2, -0.15) is 0 Å². The summed E-state index contributed by atoms with van der Waals surface area (Å²) in [6, 6.07) is 15.9. The first-order valence-corrected chi connectivity index (χ1v) is 14.5. The van der Waals surface area contributed by atoms with Crippen molar-refractivity contribution in [3.8, 4) is 23.0 Å². The molecule has 0 radical (unpaired) electrons. The molecule has 0 N–H and O–H groups in total. The van der Waals surface area contributed by atoms with Crippen LogP contribution in [0, 0.1) is 5.82 Å². The summed E-state index contributed by atoms with van der Waals surface area (Å²) >= 11 is 3.18. The lowest BCUT2D eigenvalue weighted by Crippen LogP contribution is -2.33. The number of benzene rings is 3. The highest BCUT2D eigenvalue weighted by Crippen LogP contribution is 2.41. The SMILES string of the molecule is COc1ccc(CN(C(=O)Cn2cc(CSc3nc4ccccc4s3)nn2)c2cc(OC)c(OC)c(OC)c2)cc1F. The van der Waals surface area contributed by atoms with Gasteiger partial charge in [0.1, 0.15) is 6.54 Å². The van der Waals surface area contributed by atoms with Gasteiger partial charge in [-0.1, -0.05) is 35.2 Å². The number of para-hydroxylation sites is 1. The standard InChI is InChI=1S/C29H28FN5O5S2/c1-37-23-10-9-18(11-21(23)30)14-35(20-12-24(38-2)28(40-4)25(13-20)39-3)27(36)16-34-15-19(32-33-34)17-41-29-31-22-7-5-6-8-26(22)42-29/h5-13,15H,14,16-17H2,1-4H3.